The van der Waals surface area contributed by atoms with Crippen LogP contribution in [0.15, 0.2) is 21.9 Å². The van der Waals surface area contributed by atoms with Crippen molar-refractivity contribution < 1.29 is 17.9 Å². The van der Waals surface area contributed by atoms with Crippen LogP contribution in [0.3, 0.4) is 0 Å². The summed E-state index contributed by atoms with van der Waals surface area (Å²) in [6.45, 7) is 1.56. The van der Waals surface area contributed by atoms with E-state index >= 15 is 0 Å². The Hall–Kier alpha value is -0.590. The van der Waals surface area contributed by atoms with Crippen molar-refractivity contribution in [2.24, 2.45) is 0 Å². The van der Waals surface area contributed by atoms with E-state index in [2.05, 4.69) is 0 Å². The molecule has 96 valence electrons. The van der Waals surface area contributed by atoms with Crippen molar-refractivity contribution in [1.29, 1.82) is 0 Å². The second kappa shape index (κ2) is 5.37. The summed E-state index contributed by atoms with van der Waals surface area (Å²) in [7, 11) is -3.47. The quantitative estimate of drug-likeness (QED) is 0.856. The van der Waals surface area contributed by atoms with Gasteiger partial charge in [-0.05, 0) is 24.0 Å². The first-order valence-corrected chi connectivity index (χ1v) is 8.11. The van der Waals surface area contributed by atoms with E-state index in [1.54, 1.807) is 13.2 Å². The highest BCUT2D eigenvalue weighted by atomic mass is 32.2. The lowest BCUT2D eigenvalue weighted by Crippen LogP contribution is -2.06. The summed E-state index contributed by atoms with van der Waals surface area (Å²) in [4.78, 5) is 0.113. The maximum Gasteiger partial charge on any atom is 0.176 e. The molecule has 1 atom stereocenters. The minimum absolute atomic E-state index is 0.0136. The van der Waals surface area contributed by atoms with Crippen LogP contribution in [0.5, 0.6) is 0 Å². The van der Waals surface area contributed by atoms with E-state index in [0.29, 0.717) is 5.56 Å². The largest absolute Gasteiger partial charge is 0.396 e. The molecule has 0 aliphatic carbocycles. The number of aliphatic hydroxyl groups excluding tert-OH is 1. The van der Waals surface area contributed by atoms with Crippen LogP contribution < -0.4 is 0 Å². The number of sulfone groups is 1. The van der Waals surface area contributed by atoms with Crippen molar-refractivity contribution in [3.05, 3.63) is 23.5 Å². The van der Waals surface area contributed by atoms with Crippen molar-refractivity contribution in [3.8, 4) is 0 Å². The normalized spacial score (nSPS) is 13.7. The monoisotopic (exact) mass is 278 g/mol. The molecule has 0 radical (unpaired) electrons. The average molecular weight is 278 g/mol. The summed E-state index contributed by atoms with van der Waals surface area (Å²) in [6, 6.07) is 2.71. The fraction of sp³-hybridized carbons (Fsp3) is 0.455. The number of aliphatic hydroxyl groups is 1. The zero-order chi connectivity index (χ0) is 13.2. The third kappa shape index (κ3) is 3.20. The minimum atomic E-state index is -3.47. The van der Waals surface area contributed by atoms with Gasteiger partial charge in [0.15, 0.2) is 9.84 Å². The summed E-state index contributed by atoms with van der Waals surface area (Å²) in [5.41, 5.74) is 0.489. The van der Waals surface area contributed by atoms with E-state index < -0.39 is 15.7 Å². The third-order valence-electron chi connectivity index (χ3n) is 2.48. The molecule has 0 saturated heterocycles. The molecule has 3 nitrogen and oxygen atoms in total. The molecule has 6 heteroatoms. The standard InChI is InChI=1S/C11H15FO3S2/c1-7(6-13)8-4-9(12)11(16-2)10(5-8)17(3,14)15/h4-5,7,13H,6H2,1-3H3. The maximum absolute atomic E-state index is 13.8. The van der Waals surface area contributed by atoms with Crippen molar-refractivity contribution in [1.82, 2.24) is 0 Å². The van der Waals surface area contributed by atoms with Crippen LogP contribution in [0.1, 0.15) is 18.4 Å². The van der Waals surface area contributed by atoms with Gasteiger partial charge in [0.05, 0.1) is 9.79 Å². The fourth-order valence-corrected chi connectivity index (χ4v) is 3.45. The summed E-state index contributed by atoms with van der Waals surface area (Å²) in [6.07, 6.45) is 2.68. The smallest absolute Gasteiger partial charge is 0.176 e. The van der Waals surface area contributed by atoms with Crippen molar-refractivity contribution >= 4 is 21.6 Å². The van der Waals surface area contributed by atoms with Gasteiger partial charge in [0, 0.05) is 18.8 Å². The first-order chi connectivity index (χ1) is 7.81. The molecule has 0 fully saturated rings. The molecule has 0 amide bonds. The van der Waals surface area contributed by atoms with Gasteiger partial charge in [-0.2, -0.15) is 0 Å². The van der Waals surface area contributed by atoms with Gasteiger partial charge in [-0.15, -0.1) is 11.8 Å². The van der Waals surface area contributed by atoms with Crippen molar-refractivity contribution in [3.63, 3.8) is 0 Å². The van der Waals surface area contributed by atoms with Crippen LogP contribution >= 0.6 is 11.8 Å². The van der Waals surface area contributed by atoms with Crippen LogP contribution in [0.2, 0.25) is 0 Å². The molecule has 0 bridgehead atoms. The zero-order valence-corrected chi connectivity index (χ0v) is 11.5. The number of benzene rings is 1. The molecule has 0 heterocycles. The SMILES string of the molecule is CSc1c(F)cc(C(C)CO)cc1S(C)(=O)=O. The number of thioether (sulfide) groups is 1. The number of halogens is 1. The summed E-state index contributed by atoms with van der Waals surface area (Å²) in [5, 5.41) is 9.02. The average Bonchev–Trinajstić information content (AvgIpc) is 2.25. The molecule has 1 aromatic rings. The van der Waals surface area contributed by atoms with Crippen LogP contribution in [0.4, 0.5) is 4.39 Å². The lowest BCUT2D eigenvalue weighted by Gasteiger charge is -2.13. The molecule has 1 unspecified atom stereocenters. The first-order valence-electron chi connectivity index (χ1n) is 4.99. The molecular weight excluding hydrogens is 263 g/mol. The van der Waals surface area contributed by atoms with Crippen molar-refractivity contribution in [2.45, 2.75) is 22.6 Å². The maximum atomic E-state index is 13.8. The van der Waals surface area contributed by atoms with Crippen LogP contribution in [0, 0.1) is 5.82 Å². The molecule has 0 spiro atoms. The Morgan fingerprint density at radius 3 is 2.47 bits per heavy atom. The minimum Gasteiger partial charge on any atom is -0.396 e. The van der Waals surface area contributed by atoms with E-state index in [0.717, 1.165) is 18.0 Å². The van der Waals surface area contributed by atoms with Gasteiger partial charge in [-0.3, -0.25) is 0 Å². The van der Waals surface area contributed by atoms with Crippen LogP contribution in [-0.2, 0) is 9.84 Å². The number of hydrogen-bond acceptors (Lipinski definition) is 4. The Labute approximate surface area is 105 Å². The lowest BCUT2D eigenvalue weighted by atomic mass is 10.0. The van der Waals surface area contributed by atoms with E-state index in [-0.39, 0.29) is 22.3 Å². The van der Waals surface area contributed by atoms with Gasteiger partial charge in [0.2, 0.25) is 0 Å². The molecule has 0 saturated carbocycles. The van der Waals surface area contributed by atoms with Crippen LogP contribution in [-0.4, -0.2) is 32.6 Å². The predicted octanol–water partition coefficient (Wildman–Crippen LogP) is 2.05. The Morgan fingerprint density at radius 2 is 2.06 bits per heavy atom. The van der Waals surface area contributed by atoms with Gasteiger partial charge in [0.1, 0.15) is 5.82 Å². The Balaban J connectivity index is 3.50. The molecule has 0 aromatic heterocycles. The predicted molar refractivity (Wildman–Crippen MR) is 66.8 cm³/mol. The summed E-state index contributed by atoms with van der Waals surface area (Å²) >= 11 is 1.06. The summed E-state index contributed by atoms with van der Waals surface area (Å²) in [5.74, 6) is -0.850. The lowest BCUT2D eigenvalue weighted by molar-refractivity contribution is 0.272. The highest BCUT2D eigenvalue weighted by Gasteiger charge is 2.19. The Kier molecular flexibility index (Phi) is 4.57. The molecule has 1 N–H and O–H groups in total. The highest BCUT2D eigenvalue weighted by molar-refractivity contribution is 7.99. The Morgan fingerprint density at radius 1 is 1.47 bits per heavy atom. The van der Waals surface area contributed by atoms with Gasteiger partial charge < -0.3 is 5.11 Å². The van der Waals surface area contributed by atoms with Gasteiger partial charge in [0.25, 0.3) is 0 Å². The van der Waals surface area contributed by atoms with Crippen molar-refractivity contribution in [2.75, 3.05) is 19.1 Å². The van der Waals surface area contributed by atoms with Gasteiger partial charge >= 0.3 is 0 Å². The fourth-order valence-electron chi connectivity index (χ4n) is 1.45. The second-order valence-electron chi connectivity index (χ2n) is 3.89. The highest BCUT2D eigenvalue weighted by Crippen LogP contribution is 2.31. The number of rotatable bonds is 4. The molecule has 1 aromatic carbocycles. The molecule has 0 aliphatic heterocycles. The topological polar surface area (TPSA) is 54.4 Å². The zero-order valence-electron chi connectivity index (χ0n) is 9.90. The summed E-state index contributed by atoms with van der Waals surface area (Å²) < 4.78 is 36.9. The second-order valence-corrected chi connectivity index (χ2v) is 6.69. The van der Waals surface area contributed by atoms with E-state index in [1.807, 2.05) is 0 Å². The third-order valence-corrected chi connectivity index (χ3v) is 4.55. The van der Waals surface area contributed by atoms with E-state index in [9.17, 15) is 12.8 Å². The van der Waals surface area contributed by atoms with Crippen LogP contribution in [0.25, 0.3) is 0 Å². The van der Waals surface area contributed by atoms with E-state index in [4.69, 9.17) is 5.11 Å². The molecule has 17 heavy (non-hydrogen) atoms. The molecule has 1 rings (SSSR count). The molecule has 0 aliphatic rings. The molecular formula is C11H15FO3S2. The Bertz CT molecular complexity index is 512. The van der Waals surface area contributed by atoms with Gasteiger partial charge in [-0.1, -0.05) is 6.92 Å². The van der Waals surface area contributed by atoms with E-state index in [1.165, 1.54) is 12.1 Å². The number of hydrogen-bond donors (Lipinski definition) is 1. The van der Waals surface area contributed by atoms with Gasteiger partial charge in [-0.25, -0.2) is 12.8 Å². The first kappa shape index (κ1) is 14.5.